The predicted octanol–water partition coefficient (Wildman–Crippen LogP) is 1.18. The molecule has 7 heteroatoms. The molecule has 1 rings (SSSR count). The Morgan fingerprint density at radius 1 is 1.27 bits per heavy atom. The minimum absolute atomic E-state index is 0.229. The first-order valence-electron chi connectivity index (χ1n) is 6.74. The molecule has 0 bridgehead atoms. The molecule has 0 saturated carbocycles. The molecule has 0 aliphatic carbocycles. The van der Waals surface area contributed by atoms with Crippen molar-refractivity contribution in [3.8, 4) is 12.1 Å². The number of nitrogens with zero attached hydrogens (tertiary/aromatic N) is 4. The SMILES string of the molecule is CN(C)CCCNC(=O)c1ccccc1NN=C(C#N)C#N. The van der Waals surface area contributed by atoms with Gasteiger partial charge in [0.25, 0.3) is 5.91 Å². The van der Waals surface area contributed by atoms with Gasteiger partial charge in [0, 0.05) is 6.54 Å². The average Bonchev–Trinajstić information content (AvgIpc) is 2.52. The first kappa shape index (κ1) is 17.2. The lowest BCUT2D eigenvalue weighted by Gasteiger charge is -2.11. The van der Waals surface area contributed by atoms with Crippen molar-refractivity contribution in [3.05, 3.63) is 29.8 Å². The fourth-order valence-electron chi connectivity index (χ4n) is 1.66. The zero-order valence-electron chi connectivity index (χ0n) is 12.6. The van der Waals surface area contributed by atoms with E-state index < -0.39 is 0 Å². The third kappa shape index (κ3) is 5.61. The molecule has 1 aromatic carbocycles. The smallest absolute Gasteiger partial charge is 0.253 e. The second-order valence-electron chi connectivity index (χ2n) is 4.75. The van der Waals surface area contributed by atoms with Gasteiger partial charge < -0.3 is 10.2 Å². The topological polar surface area (TPSA) is 104 Å². The number of rotatable bonds is 7. The number of nitriles is 2. The third-order valence-corrected chi connectivity index (χ3v) is 2.74. The van der Waals surface area contributed by atoms with Gasteiger partial charge >= 0.3 is 0 Å². The van der Waals surface area contributed by atoms with E-state index in [2.05, 4.69) is 15.8 Å². The van der Waals surface area contributed by atoms with Crippen LogP contribution in [0.3, 0.4) is 0 Å². The first-order valence-corrected chi connectivity index (χ1v) is 6.74. The minimum Gasteiger partial charge on any atom is -0.352 e. The maximum Gasteiger partial charge on any atom is 0.253 e. The van der Waals surface area contributed by atoms with Crippen LogP contribution in [0.2, 0.25) is 0 Å². The van der Waals surface area contributed by atoms with Gasteiger partial charge in [-0.3, -0.25) is 10.2 Å². The van der Waals surface area contributed by atoms with Gasteiger partial charge in [0.2, 0.25) is 5.71 Å². The Balaban J connectivity index is 2.71. The Labute approximate surface area is 129 Å². The van der Waals surface area contributed by atoms with Crippen molar-refractivity contribution in [1.82, 2.24) is 10.2 Å². The summed E-state index contributed by atoms with van der Waals surface area (Å²) in [5, 5.41) is 23.8. The van der Waals surface area contributed by atoms with Gasteiger partial charge in [0.1, 0.15) is 12.1 Å². The summed E-state index contributed by atoms with van der Waals surface area (Å²) in [4.78, 5) is 14.2. The lowest BCUT2D eigenvalue weighted by Crippen LogP contribution is -2.27. The van der Waals surface area contributed by atoms with Crippen LogP contribution in [0.4, 0.5) is 5.69 Å². The average molecular weight is 298 g/mol. The Kier molecular flexibility index (Phi) is 7.10. The maximum atomic E-state index is 12.2. The van der Waals surface area contributed by atoms with Gasteiger partial charge in [-0.15, -0.1) is 0 Å². The molecule has 0 atom stereocenters. The van der Waals surface area contributed by atoms with Crippen LogP contribution in [0, 0.1) is 22.7 Å². The third-order valence-electron chi connectivity index (χ3n) is 2.74. The molecular formula is C15H18N6O. The van der Waals surface area contributed by atoms with Crippen molar-refractivity contribution >= 4 is 17.3 Å². The standard InChI is InChI=1S/C15H18N6O/c1-21(2)9-5-8-18-15(22)13-6-3-4-7-14(13)20-19-12(10-16)11-17/h3-4,6-7,20H,5,8-9H2,1-2H3,(H,18,22). The molecular weight excluding hydrogens is 280 g/mol. The highest BCUT2D eigenvalue weighted by Gasteiger charge is 2.10. The van der Waals surface area contributed by atoms with Crippen LogP contribution in [-0.4, -0.2) is 43.7 Å². The molecule has 0 heterocycles. The minimum atomic E-state index is -0.304. The molecule has 0 aliphatic heterocycles. The molecule has 0 aromatic heterocycles. The second kappa shape index (κ2) is 9.11. The Morgan fingerprint density at radius 2 is 1.95 bits per heavy atom. The molecule has 0 aliphatic rings. The van der Waals surface area contributed by atoms with E-state index in [1.807, 2.05) is 19.0 Å². The van der Waals surface area contributed by atoms with E-state index in [1.165, 1.54) is 0 Å². The molecule has 0 spiro atoms. The summed E-state index contributed by atoms with van der Waals surface area (Å²) in [5.74, 6) is -0.229. The number of anilines is 1. The van der Waals surface area contributed by atoms with Gasteiger partial charge in [-0.2, -0.15) is 15.6 Å². The van der Waals surface area contributed by atoms with E-state index in [4.69, 9.17) is 10.5 Å². The Hall–Kier alpha value is -2.90. The number of carbonyl (C=O) groups excluding carboxylic acids is 1. The van der Waals surface area contributed by atoms with Gasteiger partial charge in [-0.1, -0.05) is 12.1 Å². The van der Waals surface area contributed by atoms with Crippen molar-refractivity contribution in [1.29, 1.82) is 10.5 Å². The van der Waals surface area contributed by atoms with Crippen LogP contribution in [-0.2, 0) is 0 Å². The second-order valence-corrected chi connectivity index (χ2v) is 4.75. The number of nitrogens with one attached hydrogen (secondary N) is 2. The highest BCUT2D eigenvalue weighted by molar-refractivity contribution is 6.10. The van der Waals surface area contributed by atoms with Gasteiger partial charge in [-0.05, 0) is 39.2 Å². The molecule has 0 unspecified atom stereocenters. The van der Waals surface area contributed by atoms with Crippen LogP contribution in [0.15, 0.2) is 29.4 Å². The van der Waals surface area contributed by atoms with Crippen molar-refractivity contribution < 1.29 is 4.79 Å². The fourth-order valence-corrected chi connectivity index (χ4v) is 1.66. The molecule has 114 valence electrons. The fraction of sp³-hybridized carbons (Fsp3) is 0.333. The van der Waals surface area contributed by atoms with E-state index in [1.54, 1.807) is 36.4 Å². The predicted molar refractivity (Wildman–Crippen MR) is 84.2 cm³/mol. The summed E-state index contributed by atoms with van der Waals surface area (Å²) < 4.78 is 0. The number of para-hydroxylation sites is 1. The van der Waals surface area contributed by atoms with Crippen LogP contribution < -0.4 is 10.7 Å². The Morgan fingerprint density at radius 3 is 2.59 bits per heavy atom. The largest absolute Gasteiger partial charge is 0.352 e. The molecule has 1 aromatic rings. The normalized spacial score (nSPS) is 9.50. The van der Waals surface area contributed by atoms with Gasteiger partial charge in [-0.25, -0.2) is 0 Å². The molecule has 1 amide bonds. The summed E-state index contributed by atoms with van der Waals surface area (Å²) >= 11 is 0. The summed E-state index contributed by atoms with van der Waals surface area (Å²) in [7, 11) is 3.95. The lowest BCUT2D eigenvalue weighted by atomic mass is 10.1. The van der Waals surface area contributed by atoms with Gasteiger partial charge in [0.15, 0.2) is 0 Å². The molecule has 0 fully saturated rings. The highest BCUT2D eigenvalue weighted by Crippen LogP contribution is 2.14. The van der Waals surface area contributed by atoms with Crippen molar-refractivity contribution in [2.75, 3.05) is 32.6 Å². The molecule has 0 saturated heterocycles. The van der Waals surface area contributed by atoms with Crippen LogP contribution in [0.5, 0.6) is 0 Å². The van der Waals surface area contributed by atoms with Crippen LogP contribution >= 0.6 is 0 Å². The van der Waals surface area contributed by atoms with E-state index in [9.17, 15) is 4.79 Å². The van der Waals surface area contributed by atoms with E-state index >= 15 is 0 Å². The zero-order chi connectivity index (χ0) is 16.4. The van der Waals surface area contributed by atoms with Crippen LogP contribution in [0.25, 0.3) is 0 Å². The highest BCUT2D eigenvalue weighted by atomic mass is 16.1. The molecule has 22 heavy (non-hydrogen) atoms. The molecule has 7 nitrogen and oxygen atoms in total. The van der Waals surface area contributed by atoms with Crippen molar-refractivity contribution in [2.24, 2.45) is 5.10 Å². The van der Waals surface area contributed by atoms with Crippen molar-refractivity contribution in [2.45, 2.75) is 6.42 Å². The number of amides is 1. The molecule has 2 N–H and O–H groups in total. The Bertz CT molecular complexity index is 608. The number of hydrogen-bond donors (Lipinski definition) is 2. The quantitative estimate of drug-likeness (QED) is 0.447. The summed E-state index contributed by atoms with van der Waals surface area (Å²) in [5.41, 5.74) is 3.12. The number of benzene rings is 1. The van der Waals surface area contributed by atoms with Gasteiger partial charge in [0.05, 0.1) is 11.3 Å². The first-order chi connectivity index (χ1) is 10.6. The monoisotopic (exact) mass is 298 g/mol. The van der Waals surface area contributed by atoms with E-state index in [0.717, 1.165) is 13.0 Å². The van der Waals surface area contributed by atoms with Crippen LogP contribution in [0.1, 0.15) is 16.8 Å². The van der Waals surface area contributed by atoms with E-state index in [0.29, 0.717) is 17.8 Å². The summed E-state index contributed by atoms with van der Waals surface area (Å²) in [6, 6.07) is 10.1. The summed E-state index contributed by atoms with van der Waals surface area (Å²) in [6.07, 6.45) is 0.847. The maximum absolute atomic E-state index is 12.2. The lowest BCUT2D eigenvalue weighted by molar-refractivity contribution is 0.0953. The molecule has 0 radical (unpaired) electrons. The summed E-state index contributed by atoms with van der Waals surface area (Å²) in [6.45, 7) is 1.45. The number of hydrazone groups is 1. The van der Waals surface area contributed by atoms with Crippen molar-refractivity contribution in [3.63, 3.8) is 0 Å². The van der Waals surface area contributed by atoms with E-state index in [-0.39, 0.29) is 11.6 Å². The zero-order valence-corrected chi connectivity index (χ0v) is 12.6. The number of hydrogen-bond acceptors (Lipinski definition) is 6. The number of carbonyl (C=O) groups is 1.